The normalized spacial score (nSPS) is 14.0. The van der Waals surface area contributed by atoms with Gasteiger partial charge >= 0.3 is 0 Å². The predicted molar refractivity (Wildman–Crippen MR) is 108 cm³/mol. The Balaban J connectivity index is 1.76. The monoisotopic (exact) mass is 370 g/mol. The van der Waals surface area contributed by atoms with E-state index >= 15 is 0 Å². The molecule has 0 spiro atoms. The molecule has 3 rings (SSSR count). The first kappa shape index (κ1) is 18.8. The summed E-state index contributed by atoms with van der Waals surface area (Å²) < 4.78 is 1.60. The largest absolute Gasteiger partial charge is 0.335 e. The number of benzene rings is 1. The summed E-state index contributed by atoms with van der Waals surface area (Å²) in [4.78, 5) is 17.5. The Bertz CT molecular complexity index is 911. The van der Waals surface area contributed by atoms with E-state index in [-0.39, 0.29) is 5.56 Å². The van der Waals surface area contributed by atoms with Gasteiger partial charge in [-0.3, -0.25) is 9.20 Å². The highest BCUT2D eigenvalue weighted by Gasteiger charge is 2.20. The van der Waals surface area contributed by atoms with E-state index in [4.69, 9.17) is 0 Å². The molecule has 2 heterocycles. The second kappa shape index (κ2) is 8.14. The van der Waals surface area contributed by atoms with Crippen LogP contribution >= 0.6 is 11.3 Å². The summed E-state index contributed by atoms with van der Waals surface area (Å²) in [5.41, 5.74) is 3.58. The van der Waals surface area contributed by atoms with Gasteiger partial charge in [-0.25, -0.2) is 4.98 Å². The average molecular weight is 371 g/mol. The first-order valence-electron chi connectivity index (χ1n) is 9.38. The fraction of sp³-hybridized carbons (Fsp3) is 0.429. The highest BCUT2D eigenvalue weighted by Crippen LogP contribution is 2.23. The number of hydrogen-bond acceptors (Lipinski definition) is 3. The molecular formula is C21H28N3OS+. The van der Waals surface area contributed by atoms with E-state index in [1.54, 1.807) is 16.7 Å². The molecule has 0 radical (unpaired) electrons. The summed E-state index contributed by atoms with van der Waals surface area (Å²) in [6.07, 6.45) is 2.93. The van der Waals surface area contributed by atoms with Crippen LogP contribution in [0, 0.1) is 5.92 Å². The van der Waals surface area contributed by atoms with Gasteiger partial charge in [0.15, 0.2) is 4.96 Å². The lowest BCUT2D eigenvalue weighted by Crippen LogP contribution is -2.84. The number of quaternary nitrogens is 1. The third kappa shape index (κ3) is 4.05. The summed E-state index contributed by atoms with van der Waals surface area (Å²) in [6, 6.07) is 11.0. The summed E-state index contributed by atoms with van der Waals surface area (Å²) in [7, 11) is 0. The number of hydrogen-bond donors (Lipinski definition) is 1. The van der Waals surface area contributed by atoms with Gasteiger partial charge in [-0.05, 0) is 17.9 Å². The Morgan fingerprint density at radius 2 is 1.85 bits per heavy atom. The Labute approximate surface area is 158 Å². The molecule has 5 heteroatoms. The molecule has 0 saturated heterocycles. The first-order chi connectivity index (χ1) is 12.5. The van der Waals surface area contributed by atoms with Gasteiger partial charge in [0, 0.05) is 29.1 Å². The highest BCUT2D eigenvalue weighted by atomic mass is 32.1. The van der Waals surface area contributed by atoms with Crippen LogP contribution in [0.1, 0.15) is 62.9 Å². The maximum absolute atomic E-state index is 12.2. The lowest BCUT2D eigenvalue weighted by molar-refractivity contribution is -0.717. The van der Waals surface area contributed by atoms with E-state index in [0.29, 0.717) is 24.4 Å². The molecule has 2 N–H and O–H groups in total. The number of rotatable bonds is 7. The van der Waals surface area contributed by atoms with Crippen molar-refractivity contribution >= 4 is 16.3 Å². The molecule has 1 aromatic carbocycles. The van der Waals surface area contributed by atoms with E-state index in [1.165, 1.54) is 22.5 Å². The Morgan fingerprint density at radius 3 is 2.50 bits per heavy atom. The van der Waals surface area contributed by atoms with Crippen molar-refractivity contribution in [2.45, 2.75) is 52.6 Å². The Kier molecular flexibility index (Phi) is 5.89. The lowest BCUT2D eigenvalue weighted by Gasteiger charge is -2.20. The topological polar surface area (TPSA) is 51.0 Å². The van der Waals surface area contributed by atoms with Gasteiger partial charge in [0.25, 0.3) is 5.56 Å². The van der Waals surface area contributed by atoms with Crippen molar-refractivity contribution in [3.63, 3.8) is 0 Å². The zero-order chi connectivity index (χ0) is 18.7. The molecule has 26 heavy (non-hydrogen) atoms. The average Bonchev–Trinajstić information content (AvgIpc) is 3.10. The minimum absolute atomic E-state index is 0.00125. The third-order valence-electron chi connectivity index (χ3n) is 5.16. The molecule has 0 bridgehead atoms. The second-order valence-corrected chi connectivity index (χ2v) is 8.20. The van der Waals surface area contributed by atoms with Crippen molar-refractivity contribution in [2.24, 2.45) is 5.92 Å². The number of nitrogens with two attached hydrogens (primary N) is 1. The molecule has 2 atom stereocenters. The van der Waals surface area contributed by atoms with Gasteiger partial charge in [-0.15, -0.1) is 11.3 Å². The van der Waals surface area contributed by atoms with Gasteiger partial charge in [0.05, 0.1) is 0 Å². The molecule has 0 saturated carbocycles. The van der Waals surface area contributed by atoms with Gasteiger partial charge < -0.3 is 5.32 Å². The molecule has 3 aromatic rings. The van der Waals surface area contributed by atoms with Crippen LogP contribution < -0.4 is 10.9 Å². The van der Waals surface area contributed by atoms with Crippen molar-refractivity contribution in [3.8, 4) is 0 Å². The smallest absolute Gasteiger partial charge is 0.258 e. The van der Waals surface area contributed by atoms with Crippen LogP contribution in [0.3, 0.4) is 0 Å². The van der Waals surface area contributed by atoms with Crippen molar-refractivity contribution < 1.29 is 5.32 Å². The summed E-state index contributed by atoms with van der Waals surface area (Å²) in [5.74, 6) is 1.09. The van der Waals surface area contributed by atoms with Crippen LogP contribution in [0.4, 0.5) is 0 Å². The van der Waals surface area contributed by atoms with E-state index in [9.17, 15) is 4.79 Å². The SMILES string of the molecule is CC[C@@H](C)c1ccc([C@@H]([NH2+]Cc2cc(=O)n3ccsc3n2)C(C)C)cc1. The highest BCUT2D eigenvalue weighted by molar-refractivity contribution is 7.15. The lowest BCUT2D eigenvalue weighted by atomic mass is 9.92. The standard InChI is InChI=1S/C21H27N3OS/c1-5-15(4)16-6-8-17(9-7-16)20(14(2)3)22-13-18-12-19(25)24-10-11-26-21(24)23-18/h6-12,14-15,20,22H,5,13H2,1-4H3/p+1/t15-,20+/m1/s1. The van der Waals surface area contributed by atoms with E-state index in [2.05, 4.69) is 62.3 Å². The maximum atomic E-state index is 12.2. The fourth-order valence-corrected chi connectivity index (χ4v) is 4.05. The fourth-order valence-electron chi connectivity index (χ4n) is 3.32. The van der Waals surface area contributed by atoms with Crippen LogP contribution in [-0.4, -0.2) is 9.38 Å². The number of thiazole rings is 1. The van der Waals surface area contributed by atoms with Crippen molar-refractivity contribution in [2.75, 3.05) is 0 Å². The van der Waals surface area contributed by atoms with Crippen LogP contribution in [-0.2, 0) is 6.54 Å². The summed E-state index contributed by atoms with van der Waals surface area (Å²) in [5, 5.41) is 4.20. The Morgan fingerprint density at radius 1 is 1.15 bits per heavy atom. The van der Waals surface area contributed by atoms with E-state index in [1.807, 2.05) is 5.38 Å². The van der Waals surface area contributed by atoms with Crippen molar-refractivity contribution in [1.29, 1.82) is 0 Å². The molecule has 0 unspecified atom stereocenters. The van der Waals surface area contributed by atoms with Gasteiger partial charge in [0.2, 0.25) is 0 Å². The molecule has 4 nitrogen and oxygen atoms in total. The minimum atomic E-state index is -0.00125. The van der Waals surface area contributed by atoms with Gasteiger partial charge in [0.1, 0.15) is 18.3 Å². The Hall–Kier alpha value is -1.98. The summed E-state index contributed by atoms with van der Waals surface area (Å²) >= 11 is 1.50. The quantitative estimate of drug-likeness (QED) is 0.689. The molecule has 0 aliphatic heterocycles. The third-order valence-corrected chi connectivity index (χ3v) is 5.91. The van der Waals surface area contributed by atoms with Crippen molar-refractivity contribution in [1.82, 2.24) is 9.38 Å². The molecule has 0 aliphatic carbocycles. The zero-order valence-corrected chi connectivity index (χ0v) is 16.8. The number of aromatic nitrogens is 2. The zero-order valence-electron chi connectivity index (χ0n) is 16.0. The number of fused-ring (bicyclic) bond motifs is 1. The molecule has 0 amide bonds. The molecule has 2 aromatic heterocycles. The van der Waals surface area contributed by atoms with Crippen LogP contribution in [0.5, 0.6) is 0 Å². The van der Waals surface area contributed by atoms with E-state index in [0.717, 1.165) is 17.1 Å². The number of nitrogens with zero attached hydrogens (tertiary/aromatic N) is 2. The van der Waals surface area contributed by atoms with Gasteiger partial charge in [-0.2, -0.15) is 0 Å². The van der Waals surface area contributed by atoms with Crippen molar-refractivity contribution in [3.05, 3.63) is 69.1 Å². The van der Waals surface area contributed by atoms with Crippen LogP contribution in [0.2, 0.25) is 0 Å². The molecule has 0 fully saturated rings. The predicted octanol–water partition coefficient (Wildman–Crippen LogP) is 3.73. The van der Waals surface area contributed by atoms with Crippen LogP contribution in [0.15, 0.2) is 46.7 Å². The second-order valence-electron chi connectivity index (χ2n) is 7.33. The van der Waals surface area contributed by atoms with Gasteiger partial charge in [-0.1, -0.05) is 52.0 Å². The molecule has 0 aliphatic rings. The molecule has 138 valence electrons. The summed E-state index contributed by atoms with van der Waals surface area (Å²) in [6.45, 7) is 9.69. The van der Waals surface area contributed by atoms with Crippen LogP contribution in [0.25, 0.3) is 4.96 Å². The van der Waals surface area contributed by atoms with E-state index < -0.39 is 0 Å². The maximum Gasteiger partial charge on any atom is 0.258 e. The first-order valence-corrected chi connectivity index (χ1v) is 10.3. The molecular weight excluding hydrogens is 342 g/mol. The minimum Gasteiger partial charge on any atom is -0.335 e.